The largest absolute Gasteiger partial charge is 0.493 e. The van der Waals surface area contributed by atoms with Gasteiger partial charge in [-0.3, -0.25) is 59.8 Å². The molecule has 2 unspecified atom stereocenters. The van der Waals surface area contributed by atoms with Gasteiger partial charge < -0.3 is 28.5 Å². The molecule has 2 aliphatic heterocycles. The molecule has 0 spiro atoms. The van der Waals surface area contributed by atoms with Gasteiger partial charge in [0.2, 0.25) is 0 Å². The Morgan fingerprint density at radius 1 is 0.562 bits per heavy atom. The molecule has 0 radical (unpaired) electrons. The van der Waals surface area contributed by atoms with Crippen molar-refractivity contribution in [3.63, 3.8) is 0 Å². The Morgan fingerprint density at radius 3 is 1.38 bits per heavy atom. The third kappa shape index (κ3) is 11.1. The van der Waals surface area contributed by atoms with E-state index >= 15 is 0 Å². The Labute approximate surface area is 414 Å². The molecule has 23 heteroatoms. The van der Waals surface area contributed by atoms with E-state index in [1.54, 1.807) is 0 Å². The topological polar surface area (TPSA) is 293 Å². The lowest BCUT2D eigenvalue weighted by Gasteiger charge is -2.24. The summed E-state index contributed by atoms with van der Waals surface area (Å²) in [7, 11) is 3.78. The number of carbonyl (C=O) groups is 4. The van der Waals surface area contributed by atoms with Crippen LogP contribution in [-0.4, -0.2) is 77.2 Å². The quantitative estimate of drug-likeness (QED) is 0.0381. The molecular weight excluding hydrogens is 957 g/mol. The fourth-order valence-electron chi connectivity index (χ4n) is 8.05. The number of amides is 2. The highest BCUT2D eigenvalue weighted by molar-refractivity contribution is 6.14. The van der Waals surface area contributed by atoms with Crippen molar-refractivity contribution in [3.05, 3.63) is 195 Å². The van der Waals surface area contributed by atoms with Gasteiger partial charge in [-0.15, -0.1) is 0 Å². The number of fused-ring (bicyclic) bond motifs is 2. The summed E-state index contributed by atoms with van der Waals surface area (Å²) in [5.41, 5.74) is 0.441. The third-order valence-electron chi connectivity index (χ3n) is 11.5. The third-order valence-corrected chi connectivity index (χ3v) is 11.5. The molecule has 2 aliphatic rings. The summed E-state index contributed by atoms with van der Waals surface area (Å²) in [5.74, 6) is -2.32. The number of esters is 1. The number of methoxy groups -OCH3 is 3. The number of aldehydes is 1. The van der Waals surface area contributed by atoms with E-state index in [4.69, 9.17) is 23.7 Å². The number of nitrogens with zero attached hydrogens (tertiary/aromatic N) is 6. The number of anilines is 2. The van der Waals surface area contributed by atoms with Crippen molar-refractivity contribution in [1.29, 1.82) is 0 Å². The average molecular weight is 1000 g/mol. The highest BCUT2D eigenvalue weighted by atomic mass is 16.6. The van der Waals surface area contributed by atoms with Crippen LogP contribution in [0.25, 0.3) is 0 Å². The molecule has 0 bridgehead atoms. The molecule has 6 aromatic carbocycles. The van der Waals surface area contributed by atoms with Gasteiger partial charge in [0.25, 0.3) is 34.6 Å². The molecule has 0 saturated carbocycles. The first-order valence-corrected chi connectivity index (χ1v) is 21.4. The van der Waals surface area contributed by atoms with Crippen molar-refractivity contribution in [2.75, 3.05) is 31.1 Å². The Bertz CT molecular complexity index is 3130. The number of non-ortho nitro benzene ring substituents is 2. The second-order valence-electron chi connectivity index (χ2n) is 15.7. The zero-order valence-corrected chi connectivity index (χ0v) is 38.2. The van der Waals surface area contributed by atoms with Crippen molar-refractivity contribution in [1.82, 2.24) is 0 Å². The molecule has 8 rings (SSSR count). The van der Waals surface area contributed by atoms with Gasteiger partial charge in [-0.2, -0.15) is 0 Å². The summed E-state index contributed by atoms with van der Waals surface area (Å²) < 4.78 is 26.9. The molecule has 2 atom stereocenters. The second-order valence-corrected chi connectivity index (χ2v) is 15.7. The van der Waals surface area contributed by atoms with E-state index in [9.17, 15) is 59.6 Å². The minimum atomic E-state index is -1.17. The first-order valence-electron chi connectivity index (χ1n) is 21.4. The van der Waals surface area contributed by atoms with E-state index in [0.717, 1.165) is 52.3 Å². The second kappa shape index (κ2) is 22.7. The minimum Gasteiger partial charge on any atom is -0.493 e. The van der Waals surface area contributed by atoms with Crippen molar-refractivity contribution < 1.29 is 62.6 Å². The SMILES string of the molecule is C.COC(=O)C1Cc2ccc([N+](=O)[O-])cc2N1C(=O)c1cc(OC)c(OCc2ccccc2)cc1[N+](=O)[O-].COc1cc(C(=O)N2c3cc([N+](=O)[O-])ccc3CC2C=O)c([N+](=O)[O-])cc1OCc1ccccc1. The van der Waals surface area contributed by atoms with Crippen LogP contribution in [0.1, 0.15) is 50.4 Å². The molecule has 2 amide bonds. The number of nitro groups is 4. The van der Waals surface area contributed by atoms with Crippen LogP contribution in [0, 0.1) is 40.5 Å². The monoisotopic (exact) mass is 1000 g/mol. The van der Waals surface area contributed by atoms with Crippen LogP contribution < -0.4 is 28.7 Å². The van der Waals surface area contributed by atoms with E-state index in [0.29, 0.717) is 17.4 Å². The van der Waals surface area contributed by atoms with Crippen molar-refractivity contribution >= 4 is 58.2 Å². The number of ether oxygens (including phenoxy) is 5. The molecule has 0 fully saturated rings. The van der Waals surface area contributed by atoms with Gasteiger partial charge in [0.15, 0.2) is 23.0 Å². The normalized spacial score (nSPS) is 13.9. The molecule has 0 aromatic heterocycles. The van der Waals surface area contributed by atoms with Gasteiger partial charge in [0.1, 0.15) is 36.7 Å². The lowest BCUT2D eigenvalue weighted by molar-refractivity contribution is -0.385. The molecule has 376 valence electrons. The standard InChI is InChI=1S/C25H21N3O9.C24H19N3O8.CH4/c1-35-22-12-18(20(28(33)34)13-23(22)37-14-15-6-4-3-5-7-15)24(29)26-19-11-17(27(31)32)9-8-16(19)10-21(26)25(30)36-2;1-34-22-11-19(21(27(32)33)12-23(22)35-14-15-5-3-2-4-6-15)24(29)25-18(13-28)9-16-7-8-17(26(30)31)10-20(16)25;/h3-9,11-13,21H,10,14H2,1-2H3;2-8,10-13,18H,9,14H2,1H3;1H4. The Balaban J connectivity index is 0.000000235. The molecular formula is C50H44N6O17. The predicted octanol–water partition coefficient (Wildman–Crippen LogP) is 8.33. The van der Waals surface area contributed by atoms with Gasteiger partial charge in [-0.25, -0.2) is 4.79 Å². The number of carbonyl (C=O) groups excluding carboxylic acids is 4. The highest BCUT2D eigenvalue weighted by Gasteiger charge is 2.43. The molecule has 23 nitrogen and oxygen atoms in total. The summed E-state index contributed by atoms with van der Waals surface area (Å²) in [4.78, 5) is 97.3. The summed E-state index contributed by atoms with van der Waals surface area (Å²) in [6, 6.07) is 28.3. The fraction of sp³-hybridized carbons (Fsp3) is 0.200. The summed E-state index contributed by atoms with van der Waals surface area (Å²) in [6.07, 6.45) is 0.685. The van der Waals surface area contributed by atoms with Gasteiger partial charge in [0, 0.05) is 49.2 Å². The Morgan fingerprint density at radius 2 is 0.986 bits per heavy atom. The van der Waals surface area contributed by atoms with Crippen molar-refractivity contribution in [2.45, 2.75) is 45.6 Å². The van der Waals surface area contributed by atoms with Crippen molar-refractivity contribution in [3.8, 4) is 23.0 Å². The number of nitro benzene ring substituents is 4. The number of hydrogen-bond donors (Lipinski definition) is 0. The van der Waals surface area contributed by atoms with Gasteiger partial charge in [0.05, 0.1) is 70.6 Å². The van der Waals surface area contributed by atoms with Crippen LogP contribution >= 0.6 is 0 Å². The minimum absolute atomic E-state index is 0. The number of benzene rings is 6. The Hall–Kier alpha value is -9.80. The van der Waals surface area contributed by atoms with Crippen LogP contribution in [0.5, 0.6) is 23.0 Å². The molecule has 0 N–H and O–H groups in total. The predicted molar refractivity (Wildman–Crippen MR) is 260 cm³/mol. The smallest absolute Gasteiger partial charge is 0.329 e. The van der Waals surface area contributed by atoms with Gasteiger partial charge in [-0.1, -0.05) is 80.2 Å². The molecule has 0 aliphatic carbocycles. The van der Waals surface area contributed by atoms with E-state index in [1.165, 1.54) is 50.6 Å². The molecule has 73 heavy (non-hydrogen) atoms. The zero-order valence-electron chi connectivity index (χ0n) is 38.2. The van der Waals surface area contributed by atoms with E-state index in [-0.39, 0.29) is 90.4 Å². The molecule has 6 aromatic rings. The average Bonchev–Trinajstić information content (AvgIpc) is 3.97. The first kappa shape index (κ1) is 52.6. The molecule has 2 heterocycles. The van der Waals surface area contributed by atoms with Gasteiger partial charge in [-0.05, 0) is 22.3 Å². The van der Waals surface area contributed by atoms with Crippen LogP contribution in [-0.2, 0) is 40.4 Å². The summed E-state index contributed by atoms with van der Waals surface area (Å²) in [5, 5.41) is 46.4. The van der Waals surface area contributed by atoms with Crippen LogP contribution in [0.2, 0.25) is 0 Å². The maximum absolute atomic E-state index is 13.8. The number of hydrogen-bond acceptors (Lipinski definition) is 17. The summed E-state index contributed by atoms with van der Waals surface area (Å²) >= 11 is 0. The van der Waals surface area contributed by atoms with Crippen LogP contribution in [0.3, 0.4) is 0 Å². The highest BCUT2D eigenvalue weighted by Crippen LogP contribution is 2.42. The summed E-state index contributed by atoms with van der Waals surface area (Å²) in [6.45, 7) is 0.202. The van der Waals surface area contributed by atoms with E-state index in [1.807, 2.05) is 60.7 Å². The van der Waals surface area contributed by atoms with Crippen LogP contribution in [0.4, 0.5) is 34.1 Å². The zero-order chi connectivity index (χ0) is 51.8. The number of rotatable bonds is 16. The molecule has 0 saturated heterocycles. The van der Waals surface area contributed by atoms with Crippen LogP contribution in [0.15, 0.2) is 121 Å². The Kier molecular flexibility index (Phi) is 16.4. The lowest BCUT2D eigenvalue weighted by atomic mass is 10.1. The van der Waals surface area contributed by atoms with Gasteiger partial charge >= 0.3 is 5.97 Å². The van der Waals surface area contributed by atoms with E-state index in [2.05, 4.69) is 0 Å². The van der Waals surface area contributed by atoms with Crippen molar-refractivity contribution in [2.24, 2.45) is 0 Å². The lowest BCUT2D eigenvalue weighted by Crippen LogP contribution is -2.43. The van der Waals surface area contributed by atoms with E-state index < -0.39 is 60.9 Å². The maximum Gasteiger partial charge on any atom is 0.329 e. The first-order chi connectivity index (χ1) is 34.6. The maximum atomic E-state index is 13.8. The fourth-order valence-corrected chi connectivity index (χ4v) is 8.05.